The van der Waals surface area contributed by atoms with Crippen LogP contribution >= 0.6 is 12.4 Å². The van der Waals surface area contributed by atoms with Gasteiger partial charge in [-0.2, -0.15) is 0 Å². The van der Waals surface area contributed by atoms with E-state index in [-0.39, 0.29) is 29.8 Å². The van der Waals surface area contributed by atoms with Crippen LogP contribution in [0.3, 0.4) is 0 Å². The lowest BCUT2D eigenvalue weighted by Crippen LogP contribution is -2.54. The molecule has 13 heavy (non-hydrogen) atoms. The lowest BCUT2D eigenvalue weighted by Gasteiger charge is -2.27. The number of hydrogen-bond acceptors (Lipinski definition) is 3. The average molecular weight is 208 g/mol. The van der Waals surface area contributed by atoms with Crippen molar-refractivity contribution in [1.82, 2.24) is 10.6 Å². The highest BCUT2D eigenvalue weighted by Crippen LogP contribution is 2.02. The van der Waals surface area contributed by atoms with Crippen LogP contribution in [-0.4, -0.2) is 31.1 Å². The van der Waals surface area contributed by atoms with Crippen molar-refractivity contribution in [3.8, 4) is 0 Å². The number of amides is 1. The van der Waals surface area contributed by atoms with Gasteiger partial charge in [0.05, 0.1) is 5.92 Å². The smallest absolute Gasteiger partial charge is 0.225 e. The Balaban J connectivity index is 0.00000144. The molecule has 78 valence electrons. The van der Waals surface area contributed by atoms with Crippen LogP contribution in [0.2, 0.25) is 0 Å². The van der Waals surface area contributed by atoms with Gasteiger partial charge in [0, 0.05) is 25.2 Å². The highest BCUT2D eigenvalue weighted by atomic mass is 35.5. The van der Waals surface area contributed by atoms with E-state index in [0.717, 1.165) is 13.1 Å². The van der Waals surface area contributed by atoms with Crippen molar-refractivity contribution in [2.24, 2.45) is 11.7 Å². The van der Waals surface area contributed by atoms with E-state index in [1.54, 1.807) is 0 Å². The zero-order valence-corrected chi connectivity index (χ0v) is 8.91. The summed E-state index contributed by atoms with van der Waals surface area (Å²) in [5, 5.41) is 5.87. The van der Waals surface area contributed by atoms with Gasteiger partial charge in [0.25, 0.3) is 0 Å². The van der Waals surface area contributed by atoms with Gasteiger partial charge in [-0.1, -0.05) is 0 Å². The van der Waals surface area contributed by atoms with E-state index >= 15 is 0 Å². The molecule has 5 heteroatoms. The van der Waals surface area contributed by atoms with Crippen molar-refractivity contribution in [2.75, 3.05) is 19.6 Å². The summed E-state index contributed by atoms with van der Waals surface area (Å²) in [6.07, 6.45) is 0. The Labute approximate surface area is 85.0 Å². The molecule has 0 aromatic carbocycles. The minimum absolute atomic E-state index is 0. The Bertz CT molecular complexity index is 175. The fourth-order valence-corrected chi connectivity index (χ4v) is 0.933. The SMILES string of the molecule is CC(C)(N)CNC(=O)C1CNC1.Cl. The molecule has 0 spiro atoms. The summed E-state index contributed by atoms with van der Waals surface area (Å²) in [5.74, 6) is 0.277. The van der Waals surface area contributed by atoms with E-state index in [1.807, 2.05) is 13.8 Å². The Morgan fingerprint density at radius 2 is 2.15 bits per heavy atom. The Morgan fingerprint density at radius 3 is 2.46 bits per heavy atom. The van der Waals surface area contributed by atoms with E-state index in [2.05, 4.69) is 10.6 Å². The number of nitrogens with one attached hydrogen (secondary N) is 2. The standard InChI is InChI=1S/C8H17N3O.ClH/c1-8(2,9)5-11-7(12)6-3-10-4-6;/h6,10H,3-5,9H2,1-2H3,(H,11,12);1H. The minimum atomic E-state index is -0.313. The quantitative estimate of drug-likeness (QED) is 0.584. The number of halogens is 1. The molecule has 0 aromatic rings. The van der Waals surface area contributed by atoms with E-state index < -0.39 is 0 Å². The number of hydrogen-bond donors (Lipinski definition) is 3. The predicted octanol–water partition coefficient (Wildman–Crippen LogP) is -0.519. The normalized spacial score (nSPS) is 17.2. The lowest BCUT2D eigenvalue weighted by molar-refractivity contribution is -0.126. The van der Waals surface area contributed by atoms with Crippen molar-refractivity contribution in [2.45, 2.75) is 19.4 Å². The second-order valence-corrected chi connectivity index (χ2v) is 4.06. The zero-order chi connectivity index (χ0) is 9.19. The molecule has 0 saturated carbocycles. The van der Waals surface area contributed by atoms with E-state index in [1.165, 1.54) is 0 Å². The molecule has 0 unspecified atom stereocenters. The van der Waals surface area contributed by atoms with Crippen molar-refractivity contribution >= 4 is 18.3 Å². The first-order valence-corrected chi connectivity index (χ1v) is 4.26. The van der Waals surface area contributed by atoms with Crippen molar-refractivity contribution in [3.63, 3.8) is 0 Å². The monoisotopic (exact) mass is 207 g/mol. The van der Waals surface area contributed by atoms with E-state index in [0.29, 0.717) is 6.54 Å². The third-order valence-electron chi connectivity index (χ3n) is 1.87. The maximum atomic E-state index is 11.3. The molecule has 1 fully saturated rings. The summed E-state index contributed by atoms with van der Waals surface area (Å²) in [6.45, 7) is 5.94. The van der Waals surface area contributed by atoms with Gasteiger partial charge in [0.2, 0.25) is 5.91 Å². The van der Waals surface area contributed by atoms with Crippen LogP contribution in [0.1, 0.15) is 13.8 Å². The van der Waals surface area contributed by atoms with Crippen LogP contribution in [-0.2, 0) is 4.79 Å². The molecule has 1 heterocycles. The van der Waals surface area contributed by atoms with Gasteiger partial charge in [0.1, 0.15) is 0 Å². The van der Waals surface area contributed by atoms with Crippen molar-refractivity contribution in [3.05, 3.63) is 0 Å². The highest BCUT2D eigenvalue weighted by molar-refractivity contribution is 5.85. The number of rotatable bonds is 3. The van der Waals surface area contributed by atoms with Crippen LogP contribution in [0.4, 0.5) is 0 Å². The minimum Gasteiger partial charge on any atom is -0.354 e. The maximum Gasteiger partial charge on any atom is 0.225 e. The zero-order valence-electron chi connectivity index (χ0n) is 8.09. The molecular formula is C8H18ClN3O. The van der Waals surface area contributed by atoms with Crippen LogP contribution < -0.4 is 16.4 Å². The first-order chi connectivity index (χ1) is 5.49. The van der Waals surface area contributed by atoms with Crippen LogP contribution in [0.25, 0.3) is 0 Å². The summed E-state index contributed by atoms with van der Waals surface area (Å²) in [6, 6.07) is 0. The van der Waals surface area contributed by atoms with Crippen molar-refractivity contribution in [1.29, 1.82) is 0 Å². The molecule has 0 bridgehead atoms. The first-order valence-electron chi connectivity index (χ1n) is 4.26. The molecule has 1 saturated heterocycles. The molecule has 4 N–H and O–H groups in total. The van der Waals surface area contributed by atoms with Gasteiger partial charge in [0.15, 0.2) is 0 Å². The fraction of sp³-hybridized carbons (Fsp3) is 0.875. The van der Waals surface area contributed by atoms with Crippen LogP contribution in [0.15, 0.2) is 0 Å². The second-order valence-electron chi connectivity index (χ2n) is 4.06. The lowest BCUT2D eigenvalue weighted by atomic mass is 10.0. The summed E-state index contributed by atoms with van der Waals surface area (Å²) in [5.41, 5.74) is 5.40. The molecule has 1 amide bonds. The molecule has 1 aliphatic rings. The molecule has 0 atom stereocenters. The van der Waals surface area contributed by atoms with Gasteiger partial charge in [-0.3, -0.25) is 4.79 Å². The van der Waals surface area contributed by atoms with Gasteiger partial charge < -0.3 is 16.4 Å². The summed E-state index contributed by atoms with van der Waals surface area (Å²) < 4.78 is 0. The second kappa shape index (κ2) is 4.79. The molecule has 0 aromatic heterocycles. The van der Waals surface area contributed by atoms with Crippen molar-refractivity contribution < 1.29 is 4.79 Å². The van der Waals surface area contributed by atoms with Crippen LogP contribution in [0.5, 0.6) is 0 Å². The van der Waals surface area contributed by atoms with Crippen LogP contribution in [0, 0.1) is 5.92 Å². The molecule has 1 rings (SSSR count). The Kier molecular flexibility index (Phi) is 4.67. The molecule has 4 nitrogen and oxygen atoms in total. The number of carbonyl (C=O) groups excluding carboxylic acids is 1. The van der Waals surface area contributed by atoms with Gasteiger partial charge in [-0.25, -0.2) is 0 Å². The molecule has 0 aliphatic carbocycles. The summed E-state index contributed by atoms with van der Waals surface area (Å²) >= 11 is 0. The summed E-state index contributed by atoms with van der Waals surface area (Å²) in [4.78, 5) is 11.3. The summed E-state index contributed by atoms with van der Waals surface area (Å²) in [7, 11) is 0. The average Bonchev–Trinajstić information content (AvgIpc) is 1.78. The van der Waals surface area contributed by atoms with Gasteiger partial charge in [-0.15, -0.1) is 12.4 Å². The van der Waals surface area contributed by atoms with E-state index in [9.17, 15) is 4.79 Å². The number of carbonyl (C=O) groups is 1. The topological polar surface area (TPSA) is 67.1 Å². The molecule has 0 radical (unpaired) electrons. The third kappa shape index (κ3) is 4.45. The number of nitrogens with two attached hydrogens (primary N) is 1. The highest BCUT2D eigenvalue weighted by Gasteiger charge is 2.25. The van der Waals surface area contributed by atoms with Gasteiger partial charge >= 0.3 is 0 Å². The molecule has 1 aliphatic heterocycles. The fourth-order valence-electron chi connectivity index (χ4n) is 0.933. The Morgan fingerprint density at radius 1 is 1.62 bits per heavy atom. The Hall–Kier alpha value is -0.320. The molecular weight excluding hydrogens is 190 g/mol. The van der Waals surface area contributed by atoms with E-state index in [4.69, 9.17) is 5.73 Å². The van der Waals surface area contributed by atoms with Gasteiger partial charge in [-0.05, 0) is 13.8 Å². The largest absolute Gasteiger partial charge is 0.354 e. The first kappa shape index (κ1) is 12.7. The third-order valence-corrected chi connectivity index (χ3v) is 1.87. The maximum absolute atomic E-state index is 11.3. The predicted molar refractivity (Wildman–Crippen MR) is 54.9 cm³/mol.